The fourth-order valence-electron chi connectivity index (χ4n) is 4.23. The number of likely N-dealkylation sites (N-methyl/N-ethyl adjacent to an activating group) is 1. The van der Waals surface area contributed by atoms with Gasteiger partial charge in [-0.3, -0.25) is 9.69 Å². The standard InChI is InChI=1S/C25H31N5O/c1-19-24(20(2)30(27-19)23-9-5-4-6-10-23)17-28(3)18-25(31)26-21-11-13-22(14-12-21)29-15-7-8-16-29/h4-6,9-14H,7-8,15-18H2,1-3H3,(H,26,31). The van der Waals surface area contributed by atoms with Gasteiger partial charge < -0.3 is 10.2 Å². The SMILES string of the molecule is Cc1nn(-c2ccccc2)c(C)c1CN(C)CC(=O)Nc1ccc(N2CCCC2)cc1. The highest BCUT2D eigenvalue weighted by Crippen LogP contribution is 2.22. The van der Waals surface area contributed by atoms with Crippen LogP contribution in [-0.2, 0) is 11.3 Å². The Morgan fingerprint density at radius 1 is 1.00 bits per heavy atom. The van der Waals surface area contributed by atoms with Crippen molar-refractivity contribution in [3.8, 4) is 5.69 Å². The van der Waals surface area contributed by atoms with Crippen molar-refractivity contribution in [2.45, 2.75) is 33.2 Å². The number of aryl methyl sites for hydroxylation is 1. The number of carbonyl (C=O) groups excluding carboxylic acids is 1. The zero-order chi connectivity index (χ0) is 21.8. The lowest BCUT2D eigenvalue weighted by Crippen LogP contribution is -2.30. The third-order valence-corrected chi connectivity index (χ3v) is 5.91. The molecule has 0 unspecified atom stereocenters. The maximum Gasteiger partial charge on any atom is 0.238 e. The molecule has 0 bridgehead atoms. The van der Waals surface area contributed by atoms with E-state index in [0.717, 1.165) is 41.4 Å². The average Bonchev–Trinajstić information content (AvgIpc) is 3.39. The van der Waals surface area contributed by atoms with Crippen LogP contribution in [0.25, 0.3) is 5.69 Å². The van der Waals surface area contributed by atoms with Gasteiger partial charge in [-0.05, 0) is 70.1 Å². The van der Waals surface area contributed by atoms with E-state index in [0.29, 0.717) is 13.1 Å². The van der Waals surface area contributed by atoms with E-state index in [1.807, 2.05) is 53.9 Å². The second kappa shape index (κ2) is 9.35. The van der Waals surface area contributed by atoms with Crippen molar-refractivity contribution in [2.24, 2.45) is 0 Å². The Morgan fingerprint density at radius 2 is 1.68 bits per heavy atom. The third kappa shape index (κ3) is 4.97. The van der Waals surface area contributed by atoms with Gasteiger partial charge in [-0.15, -0.1) is 0 Å². The third-order valence-electron chi connectivity index (χ3n) is 5.91. The summed E-state index contributed by atoms with van der Waals surface area (Å²) in [6.45, 7) is 7.34. The molecule has 0 radical (unpaired) electrons. The summed E-state index contributed by atoms with van der Waals surface area (Å²) in [7, 11) is 1.97. The van der Waals surface area contributed by atoms with Gasteiger partial charge in [-0.1, -0.05) is 18.2 Å². The highest BCUT2D eigenvalue weighted by atomic mass is 16.2. The minimum absolute atomic E-state index is 0.0119. The molecule has 6 heteroatoms. The van der Waals surface area contributed by atoms with Crippen LogP contribution in [0.15, 0.2) is 54.6 Å². The van der Waals surface area contributed by atoms with Gasteiger partial charge in [0.15, 0.2) is 0 Å². The molecule has 1 aromatic heterocycles. The van der Waals surface area contributed by atoms with Crippen LogP contribution in [0.1, 0.15) is 29.8 Å². The van der Waals surface area contributed by atoms with Gasteiger partial charge in [0.1, 0.15) is 0 Å². The Bertz CT molecular complexity index is 1020. The number of aromatic nitrogens is 2. The maximum absolute atomic E-state index is 12.6. The molecular weight excluding hydrogens is 386 g/mol. The summed E-state index contributed by atoms with van der Waals surface area (Å²) in [6, 6.07) is 18.3. The lowest BCUT2D eigenvalue weighted by molar-refractivity contribution is -0.117. The van der Waals surface area contributed by atoms with Crippen molar-refractivity contribution in [1.82, 2.24) is 14.7 Å². The maximum atomic E-state index is 12.6. The Labute approximate surface area is 184 Å². The van der Waals surface area contributed by atoms with E-state index in [1.165, 1.54) is 18.5 Å². The van der Waals surface area contributed by atoms with Crippen LogP contribution in [-0.4, -0.2) is 47.3 Å². The summed E-state index contributed by atoms with van der Waals surface area (Å²) in [5.74, 6) is -0.0119. The van der Waals surface area contributed by atoms with Crippen LogP contribution >= 0.6 is 0 Å². The van der Waals surface area contributed by atoms with Gasteiger partial charge in [0.2, 0.25) is 5.91 Å². The van der Waals surface area contributed by atoms with Crippen molar-refractivity contribution >= 4 is 17.3 Å². The number of nitrogens with zero attached hydrogens (tertiary/aromatic N) is 4. The molecule has 0 aliphatic carbocycles. The van der Waals surface area contributed by atoms with Crippen molar-refractivity contribution in [3.63, 3.8) is 0 Å². The van der Waals surface area contributed by atoms with E-state index in [1.54, 1.807) is 0 Å². The zero-order valence-electron chi connectivity index (χ0n) is 18.6. The fourth-order valence-corrected chi connectivity index (χ4v) is 4.23. The predicted molar refractivity (Wildman–Crippen MR) is 126 cm³/mol. The summed E-state index contributed by atoms with van der Waals surface area (Å²) >= 11 is 0. The van der Waals surface area contributed by atoms with Crippen LogP contribution in [0.4, 0.5) is 11.4 Å². The lowest BCUT2D eigenvalue weighted by Gasteiger charge is -2.19. The molecule has 0 atom stereocenters. The van der Waals surface area contributed by atoms with Crippen molar-refractivity contribution in [3.05, 3.63) is 71.5 Å². The first-order valence-corrected chi connectivity index (χ1v) is 10.9. The summed E-state index contributed by atoms with van der Waals surface area (Å²) in [5.41, 5.74) is 6.38. The summed E-state index contributed by atoms with van der Waals surface area (Å²) in [5, 5.41) is 7.72. The number of hydrogen-bond donors (Lipinski definition) is 1. The number of hydrogen-bond acceptors (Lipinski definition) is 4. The van der Waals surface area contributed by atoms with E-state index in [4.69, 9.17) is 5.10 Å². The number of anilines is 2. The van der Waals surface area contributed by atoms with E-state index in [2.05, 4.69) is 41.4 Å². The summed E-state index contributed by atoms with van der Waals surface area (Å²) in [6.07, 6.45) is 2.52. The molecule has 2 heterocycles. The molecule has 4 rings (SSSR count). The molecule has 1 saturated heterocycles. The minimum atomic E-state index is -0.0119. The van der Waals surface area contributed by atoms with Crippen molar-refractivity contribution in [2.75, 3.05) is 36.9 Å². The highest BCUT2D eigenvalue weighted by molar-refractivity contribution is 5.92. The van der Waals surface area contributed by atoms with Crippen LogP contribution < -0.4 is 10.2 Å². The average molecular weight is 418 g/mol. The smallest absolute Gasteiger partial charge is 0.238 e. The largest absolute Gasteiger partial charge is 0.372 e. The predicted octanol–water partition coefficient (Wildman–Crippen LogP) is 4.16. The first kappa shape index (κ1) is 21.1. The Kier molecular flexibility index (Phi) is 6.37. The first-order valence-electron chi connectivity index (χ1n) is 10.9. The van der Waals surface area contributed by atoms with Crippen LogP contribution in [0, 0.1) is 13.8 Å². The number of para-hydroxylation sites is 1. The van der Waals surface area contributed by atoms with Gasteiger partial charge in [0.05, 0.1) is 17.9 Å². The van der Waals surface area contributed by atoms with Gasteiger partial charge in [0, 0.05) is 42.3 Å². The molecule has 1 aliphatic heterocycles. The van der Waals surface area contributed by atoms with Gasteiger partial charge in [0.25, 0.3) is 0 Å². The summed E-state index contributed by atoms with van der Waals surface area (Å²) < 4.78 is 1.97. The van der Waals surface area contributed by atoms with Gasteiger partial charge in [-0.25, -0.2) is 4.68 Å². The number of rotatable bonds is 7. The quantitative estimate of drug-likeness (QED) is 0.627. The van der Waals surface area contributed by atoms with Gasteiger partial charge >= 0.3 is 0 Å². The molecule has 162 valence electrons. The molecule has 2 aromatic carbocycles. The Hall–Kier alpha value is -3.12. The molecular formula is C25H31N5O. The highest BCUT2D eigenvalue weighted by Gasteiger charge is 2.16. The number of nitrogens with one attached hydrogen (secondary N) is 1. The molecule has 1 N–H and O–H groups in total. The molecule has 6 nitrogen and oxygen atoms in total. The number of amides is 1. The van der Waals surface area contributed by atoms with Crippen LogP contribution in [0.2, 0.25) is 0 Å². The van der Waals surface area contributed by atoms with Crippen LogP contribution in [0.5, 0.6) is 0 Å². The molecule has 1 amide bonds. The number of carbonyl (C=O) groups is 1. The molecule has 1 aliphatic rings. The molecule has 0 spiro atoms. The molecule has 31 heavy (non-hydrogen) atoms. The monoisotopic (exact) mass is 417 g/mol. The van der Waals surface area contributed by atoms with E-state index in [9.17, 15) is 4.79 Å². The molecule has 0 saturated carbocycles. The Morgan fingerprint density at radius 3 is 2.35 bits per heavy atom. The van der Waals surface area contributed by atoms with Crippen LogP contribution in [0.3, 0.4) is 0 Å². The number of benzene rings is 2. The zero-order valence-corrected chi connectivity index (χ0v) is 18.6. The molecule has 1 fully saturated rings. The molecule has 3 aromatic rings. The topological polar surface area (TPSA) is 53.4 Å². The normalized spacial score (nSPS) is 13.7. The lowest BCUT2D eigenvalue weighted by atomic mass is 10.2. The van der Waals surface area contributed by atoms with Gasteiger partial charge in [-0.2, -0.15) is 5.10 Å². The van der Waals surface area contributed by atoms with Crippen molar-refractivity contribution in [1.29, 1.82) is 0 Å². The van der Waals surface area contributed by atoms with E-state index in [-0.39, 0.29) is 5.91 Å². The minimum Gasteiger partial charge on any atom is -0.372 e. The first-order chi connectivity index (χ1) is 15.0. The van der Waals surface area contributed by atoms with E-state index >= 15 is 0 Å². The fraction of sp³-hybridized carbons (Fsp3) is 0.360. The second-order valence-corrected chi connectivity index (χ2v) is 8.36. The van der Waals surface area contributed by atoms with Crippen molar-refractivity contribution < 1.29 is 4.79 Å². The summed E-state index contributed by atoms with van der Waals surface area (Å²) in [4.78, 5) is 17.0. The van der Waals surface area contributed by atoms with E-state index < -0.39 is 0 Å². The second-order valence-electron chi connectivity index (χ2n) is 8.36. The Balaban J connectivity index is 1.35.